The molecule has 94 valence electrons. The van der Waals surface area contributed by atoms with Gasteiger partial charge in [0.05, 0.1) is 13.2 Å². The summed E-state index contributed by atoms with van der Waals surface area (Å²) in [4.78, 5) is 16.7. The average molecular weight is 246 g/mol. The van der Waals surface area contributed by atoms with E-state index in [1.165, 1.54) is 0 Å². The summed E-state index contributed by atoms with van der Waals surface area (Å²) in [6, 6.07) is 12.8. The molecule has 3 N–H and O–H groups in total. The molecule has 5 nitrogen and oxygen atoms in total. The highest BCUT2D eigenvalue weighted by molar-refractivity contribution is 5.90. The summed E-state index contributed by atoms with van der Waals surface area (Å²) in [5.41, 5.74) is 8.67. The number of carbonyl (C=O) groups is 1. The summed E-state index contributed by atoms with van der Waals surface area (Å²) < 4.78 is 5.18. The van der Waals surface area contributed by atoms with Gasteiger partial charge in [0.1, 0.15) is 5.76 Å². The summed E-state index contributed by atoms with van der Waals surface area (Å²) in [5, 5.41) is 0. The zero-order valence-electron chi connectivity index (χ0n) is 9.76. The third-order valence-corrected chi connectivity index (χ3v) is 2.33. The third-order valence-electron chi connectivity index (χ3n) is 2.33. The van der Waals surface area contributed by atoms with Crippen molar-refractivity contribution in [3.63, 3.8) is 0 Å². The number of benzene rings is 1. The van der Waals surface area contributed by atoms with E-state index < -0.39 is 5.91 Å². The van der Waals surface area contributed by atoms with E-state index in [0.29, 0.717) is 12.4 Å². The molecule has 0 aliphatic carbocycles. The van der Waals surface area contributed by atoms with Crippen LogP contribution in [0.2, 0.25) is 0 Å². The van der Waals surface area contributed by atoms with Crippen LogP contribution in [0.5, 0.6) is 0 Å². The lowest BCUT2D eigenvalue weighted by atomic mass is 10.2. The van der Waals surface area contributed by atoms with Gasteiger partial charge in [-0.25, -0.2) is 5.48 Å². The van der Waals surface area contributed by atoms with Gasteiger partial charge in [0.25, 0.3) is 0 Å². The second-order valence-corrected chi connectivity index (χ2v) is 3.68. The first-order chi connectivity index (χ1) is 8.79. The molecule has 0 radical (unpaired) electrons. The summed E-state index contributed by atoms with van der Waals surface area (Å²) in [7, 11) is 0. The zero-order chi connectivity index (χ0) is 12.8. The molecule has 1 heterocycles. The van der Waals surface area contributed by atoms with Gasteiger partial charge in [0.2, 0.25) is 0 Å². The topological polar surface area (TPSA) is 77.5 Å². The van der Waals surface area contributed by atoms with Crippen LogP contribution in [0.4, 0.5) is 0 Å². The Morgan fingerprint density at radius 2 is 2.00 bits per heavy atom. The molecule has 0 saturated carbocycles. The normalized spacial score (nSPS) is 10.3. The van der Waals surface area contributed by atoms with E-state index in [-0.39, 0.29) is 12.3 Å². The van der Waals surface area contributed by atoms with Crippen molar-refractivity contribution in [3.8, 4) is 0 Å². The first kappa shape index (κ1) is 12.3. The lowest BCUT2D eigenvalue weighted by Gasteiger charge is -2.04. The summed E-state index contributed by atoms with van der Waals surface area (Å²) in [5.74, 6) is 0.317. The van der Waals surface area contributed by atoms with Crippen molar-refractivity contribution < 1.29 is 14.0 Å². The standard InChI is InChI=1S/C13H14N2O3/c14-8-11-6-7-12(18-11)13(16)15-17-9-10-4-2-1-3-5-10/h1-7H,8-9,14H2,(H,15,16). The molecular weight excluding hydrogens is 232 g/mol. The molecule has 18 heavy (non-hydrogen) atoms. The molecule has 0 bridgehead atoms. The maximum atomic E-state index is 11.6. The van der Waals surface area contributed by atoms with E-state index in [2.05, 4.69) is 5.48 Å². The molecule has 0 atom stereocenters. The molecular formula is C13H14N2O3. The maximum Gasteiger partial charge on any atom is 0.310 e. The summed E-state index contributed by atoms with van der Waals surface area (Å²) >= 11 is 0. The number of amides is 1. The van der Waals surface area contributed by atoms with Gasteiger partial charge in [0.15, 0.2) is 5.76 Å². The highest BCUT2D eigenvalue weighted by Gasteiger charge is 2.10. The summed E-state index contributed by atoms with van der Waals surface area (Å²) in [6.07, 6.45) is 0. The molecule has 0 aliphatic rings. The fourth-order valence-corrected chi connectivity index (χ4v) is 1.42. The van der Waals surface area contributed by atoms with Gasteiger partial charge in [0, 0.05) is 0 Å². The predicted octanol–water partition coefficient (Wildman–Crippen LogP) is 1.60. The number of rotatable bonds is 5. The van der Waals surface area contributed by atoms with E-state index in [1.54, 1.807) is 12.1 Å². The van der Waals surface area contributed by atoms with E-state index in [1.807, 2.05) is 30.3 Å². The second kappa shape index (κ2) is 6.00. The lowest BCUT2D eigenvalue weighted by molar-refractivity contribution is 0.0211. The number of hydrogen-bond acceptors (Lipinski definition) is 4. The minimum Gasteiger partial charge on any atom is -0.454 e. The van der Waals surface area contributed by atoms with Crippen molar-refractivity contribution in [1.29, 1.82) is 0 Å². The van der Waals surface area contributed by atoms with Gasteiger partial charge in [-0.3, -0.25) is 9.63 Å². The van der Waals surface area contributed by atoms with Gasteiger partial charge >= 0.3 is 5.91 Å². The third kappa shape index (κ3) is 3.19. The van der Waals surface area contributed by atoms with E-state index in [4.69, 9.17) is 15.0 Å². The van der Waals surface area contributed by atoms with Crippen molar-refractivity contribution in [2.24, 2.45) is 5.73 Å². The Morgan fingerprint density at radius 3 is 2.67 bits per heavy atom. The number of nitrogens with one attached hydrogen (secondary N) is 1. The van der Waals surface area contributed by atoms with Gasteiger partial charge in [-0.1, -0.05) is 30.3 Å². The molecule has 1 aromatic heterocycles. The molecule has 1 aromatic carbocycles. The van der Waals surface area contributed by atoms with Crippen LogP contribution in [0.1, 0.15) is 21.9 Å². The minimum atomic E-state index is -0.425. The summed E-state index contributed by atoms with van der Waals surface area (Å²) in [6.45, 7) is 0.565. The van der Waals surface area contributed by atoms with Crippen LogP contribution < -0.4 is 11.2 Å². The molecule has 2 aromatic rings. The van der Waals surface area contributed by atoms with Gasteiger partial charge < -0.3 is 10.2 Å². The van der Waals surface area contributed by atoms with E-state index >= 15 is 0 Å². The van der Waals surface area contributed by atoms with Crippen LogP contribution in [0.3, 0.4) is 0 Å². The minimum absolute atomic E-state index is 0.184. The number of carbonyl (C=O) groups excluding carboxylic acids is 1. The number of hydroxylamine groups is 1. The largest absolute Gasteiger partial charge is 0.454 e. The van der Waals surface area contributed by atoms with Crippen LogP contribution in [-0.2, 0) is 18.0 Å². The molecule has 0 aliphatic heterocycles. The average Bonchev–Trinajstić information content (AvgIpc) is 2.89. The quantitative estimate of drug-likeness (QED) is 0.785. The monoisotopic (exact) mass is 246 g/mol. The molecule has 0 fully saturated rings. The Bertz CT molecular complexity index is 508. The van der Waals surface area contributed by atoms with Gasteiger partial charge in [-0.2, -0.15) is 0 Å². The highest BCUT2D eigenvalue weighted by atomic mass is 16.7. The first-order valence-electron chi connectivity index (χ1n) is 5.54. The Kier molecular flexibility index (Phi) is 4.11. The Labute approximate surface area is 104 Å². The van der Waals surface area contributed by atoms with Crippen molar-refractivity contribution in [1.82, 2.24) is 5.48 Å². The molecule has 1 amide bonds. The van der Waals surface area contributed by atoms with E-state index in [9.17, 15) is 4.79 Å². The van der Waals surface area contributed by atoms with Crippen LogP contribution in [0.15, 0.2) is 46.9 Å². The Balaban J connectivity index is 1.81. The number of hydrogen-bond donors (Lipinski definition) is 2. The van der Waals surface area contributed by atoms with Crippen molar-refractivity contribution >= 4 is 5.91 Å². The van der Waals surface area contributed by atoms with Crippen molar-refractivity contribution in [2.75, 3.05) is 0 Å². The fraction of sp³-hybridized carbons (Fsp3) is 0.154. The molecule has 5 heteroatoms. The van der Waals surface area contributed by atoms with Crippen LogP contribution in [0, 0.1) is 0 Å². The smallest absolute Gasteiger partial charge is 0.310 e. The van der Waals surface area contributed by atoms with Crippen LogP contribution in [0.25, 0.3) is 0 Å². The van der Waals surface area contributed by atoms with Crippen LogP contribution >= 0.6 is 0 Å². The zero-order valence-corrected chi connectivity index (χ0v) is 9.76. The molecule has 0 unspecified atom stereocenters. The second-order valence-electron chi connectivity index (χ2n) is 3.68. The maximum absolute atomic E-state index is 11.6. The molecule has 0 saturated heterocycles. The number of nitrogens with two attached hydrogens (primary N) is 1. The highest BCUT2D eigenvalue weighted by Crippen LogP contribution is 2.07. The number of furan rings is 1. The Hall–Kier alpha value is -2.11. The van der Waals surface area contributed by atoms with Gasteiger partial charge in [-0.15, -0.1) is 0 Å². The Morgan fingerprint density at radius 1 is 1.22 bits per heavy atom. The fourth-order valence-electron chi connectivity index (χ4n) is 1.42. The van der Waals surface area contributed by atoms with Gasteiger partial charge in [-0.05, 0) is 17.7 Å². The SMILES string of the molecule is NCc1ccc(C(=O)NOCc2ccccc2)o1. The van der Waals surface area contributed by atoms with Crippen molar-refractivity contribution in [2.45, 2.75) is 13.2 Å². The predicted molar refractivity (Wildman–Crippen MR) is 65.3 cm³/mol. The molecule has 0 spiro atoms. The lowest BCUT2D eigenvalue weighted by Crippen LogP contribution is -2.23. The van der Waals surface area contributed by atoms with E-state index in [0.717, 1.165) is 5.56 Å². The molecule has 2 rings (SSSR count). The van der Waals surface area contributed by atoms with Crippen LogP contribution in [-0.4, -0.2) is 5.91 Å². The first-order valence-corrected chi connectivity index (χ1v) is 5.54. The van der Waals surface area contributed by atoms with Crippen molar-refractivity contribution in [3.05, 3.63) is 59.5 Å².